The maximum Gasteiger partial charge on any atom is 0.345 e. The Balaban J connectivity index is 2.06. The van der Waals surface area contributed by atoms with E-state index in [9.17, 15) is 14.4 Å². The molecule has 2 N–H and O–H groups in total. The Labute approximate surface area is 210 Å². The summed E-state index contributed by atoms with van der Waals surface area (Å²) >= 11 is 5.90. The van der Waals surface area contributed by atoms with Gasteiger partial charge in [-0.05, 0) is 55.7 Å². The molecule has 3 atom stereocenters. The highest BCUT2D eigenvalue weighted by atomic mass is 35.5. The third-order valence-electron chi connectivity index (χ3n) is 6.26. The first-order valence-electron chi connectivity index (χ1n) is 11.6. The molecule has 8 heteroatoms. The monoisotopic (exact) mass is 498 g/mol. The highest BCUT2D eigenvalue weighted by Gasteiger charge is 2.47. The number of aromatic nitrogens is 1. The predicted octanol–water partition coefficient (Wildman–Crippen LogP) is 5.39. The predicted molar refractivity (Wildman–Crippen MR) is 135 cm³/mol. The molecule has 35 heavy (non-hydrogen) atoms. The van der Waals surface area contributed by atoms with E-state index in [0.717, 1.165) is 29.3 Å². The molecule has 0 radical (unpaired) electrons. The van der Waals surface area contributed by atoms with Crippen LogP contribution in [0.2, 0.25) is 5.02 Å². The number of para-hydroxylation sites is 1. The summed E-state index contributed by atoms with van der Waals surface area (Å²) in [5, 5.41) is 4.16. The molecule has 0 spiro atoms. The number of rotatable bonds is 10. The van der Waals surface area contributed by atoms with Crippen LogP contribution in [0.5, 0.6) is 0 Å². The number of methoxy groups -OCH3 is 1. The molecule has 2 aromatic carbocycles. The first-order chi connectivity index (χ1) is 16.7. The van der Waals surface area contributed by atoms with Crippen molar-refractivity contribution >= 4 is 40.3 Å². The van der Waals surface area contributed by atoms with Gasteiger partial charge in [-0.2, -0.15) is 0 Å². The smallest absolute Gasteiger partial charge is 0.345 e. The Morgan fingerprint density at radius 1 is 1.11 bits per heavy atom. The lowest BCUT2D eigenvalue weighted by atomic mass is 9.76. The van der Waals surface area contributed by atoms with Gasteiger partial charge in [-0.3, -0.25) is 4.79 Å². The van der Waals surface area contributed by atoms with E-state index < -0.39 is 29.3 Å². The van der Waals surface area contributed by atoms with Crippen LogP contribution in [0, 0.1) is 0 Å². The number of esters is 2. The first kappa shape index (κ1) is 26.4. The van der Waals surface area contributed by atoms with Crippen molar-refractivity contribution in [3.8, 4) is 0 Å². The number of carbonyl (C=O) groups is 3. The van der Waals surface area contributed by atoms with Crippen molar-refractivity contribution in [3.05, 3.63) is 70.9 Å². The van der Waals surface area contributed by atoms with E-state index in [4.69, 9.17) is 21.1 Å². The van der Waals surface area contributed by atoms with Crippen molar-refractivity contribution < 1.29 is 23.9 Å². The fraction of sp³-hybridized carbons (Fsp3) is 0.370. The summed E-state index contributed by atoms with van der Waals surface area (Å²) in [5.41, 5.74) is 0.347. The standard InChI is InChI=1S/C27H31ClN2O5/c1-5-8-20(34-4)15-23(22-16-29-24-10-7-6-9-21(22)24)27(3,30-17(2)31)26(33)35-25(32)18-11-13-19(28)14-12-18/h6-7,9-14,16,20,23,29H,5,8,15H2,1-4H3,(H,30,31). The molecule has 0 saturated carbocycles. The average Bonchev–Trinajstić information content (AvgIpc) is 3.25. The normalized spacial score (nSPS) is 14.7. The molecular formula is C27H31ClN2O5. The lowest BCUT2D eigenvalue weighted by Crippen LogP contribution is -2.57. The van der Waals surface area contributed by atoms with Gasteiger partial charge in [0, 0.05) is 42.1 Å². The second kappa shape index (κ2) is 11.5. The molecule has 0 aliphatic rings. The number of nitrogens with one attached hydrogen (secondary N) is 2. The number of fused-ring (bicyclic) bond motifs is 1. The Morgan fingerprint density at radius 2 is 1.80 bits per heavy atom. The lowest BCUT2D eigenvalue weighted by molar-refractivity contribution is -0.149. The molecule has 1 aromatic heterocycles. The van der Waals surface area contributed by atoms with Gasteiger partial charge < -0.3 is 19.8 Å². The van der Waals surface area contributed by atoms with Crippen molar-refractivity contribution in [2.45, 2.75) is 57.6 Å². The fourth-order valence-corrected chi connectivity index (χ4v) is 4.58. The number of hydrogen-bond acceptors (Lipinski definition) is 5. The third-order valence-corrected chi connectivity index (χ3v) is 6.51. The summed E-state index contributed by atoms with van der Waals surface area (Å²) in [6.07, 6.45) is 3.74. The van der Waals surface area contributed by atoms with Gasteiger partial charge in [0.2, 0.25) is 5.91 Å². The maximum absolute atomic E-state index is 13.6. The molecule has 0 saturated heterocycles. The second-order valence-corrected chi connectivity index (χ2v) is 9.23. The van der Waals surface area contributed by atoms with Crippen molar-refractivity contribution in [1.82, 2.24) is 10.3 Å². The topological polar surface area (TPSA) is 97.5 Å². The number of carbonyl (C=O) groups excluding carboxylic acids is 3. The van der Waals surface area contributed by atoms with Crippen LogP contribution in [-0.4, -0.2) is 41.6 Å². The van der Waals surface area contributed by atoms with E-state index in [1.54, 1.807) is 14.0 Å². The molecule has 3 unspecified atom stereocenters. The van der Waals surface area contributed by atoms with E-state index in [1.807, 2.05) is 30.5 Å². The Morgan fingerprint density at radius 3 is 2.43 bits per heavy atom. The van der Waals surface area contributed by atoms with Crippen molar-refractivity contribution in [2.24, 2.45) is 0 Å². The van der Waals surface area contributed by atoms with Gasteiger partial charge in [0.1, 0.15) is 5.54 Å². The highest BCUT2D eigenvalue weighted by Crippen LogP contribution is 2.39. The number of hydrogen-bond donors (Lipinski definition) is 2. The molecule has 0 aliphatic heterocycles. The molecule has 186 valence electrons. The van der Waals surface area contributed by atoms with Gasteiger partial charge in [-0.1, -0.05) is 43.1 Å². The maximum atomic E-state index is 13.6. The van der Waals surface area contributed by atoms with Crippen LogP contribution >= 0.6 is 11.6 Å². The fourth-order valence-electron chi connectivity index (χ4n) is 4.45. The third kappa shape index (κ3) is 6.10. The number of aromatic amines is 1. The van der Waals surface area contributed by atoms with Crippen LogP contribution in [0.4, 0.5) is 0 Å². The molecule has 0 aliphatic carbocycles. The molecule has 3 aromatic rings. The van der Waals surface area contributed by atoms with E-state index in [1.165, 1.54) is 31.2 Å². The van der Waals surface area contributed by atoms with Crippen LogP contribution in [-0.2, 0) is 19.1 Å². The van der Waals surface area contributed by atoms with Crippen LogP contribution in [0.1, 0.15) is 61.9 Å². The van der Waals surface area contributed by atoms with Gasteiger partial charge in [-0.15, -0.1) is 0 Å². The molecule has 3 rings (SSSR count). The molecule has 1 amide bonds. The van der Waals surface area contributed by atoms with E-state index in [2.05, 4.69) is 17.2 Å². The van der Waals surface area contributed by atoms with Gasteiger partial charge in [0.05, 0.1) is 11.7 Å². The summed E-state index contributed by atoms with van der Waals surface area (Å²) in [4.78, 5) is 41.9. The first-order valence-corrected chi connectivity index (χ1v) is 12.0. The molecule has 0 fully saturated rings. The number of benzene rings is 2. The quantitative estimate of drug-likeness (QED) is 0.288. The Bertz CT molecular complexity index is 1190. The van der Waals surface area contributed by atoms with Crippen LogP contribution in [0.3, 0.4) is 0 Å². The highest BCUT2D eigenvalue weighted by molar-refractivity contribution is 6.30. The van der Waals surface area contributed by atoms with Crippen LogP contribution in [0.15, 0.2) is 54.7 Å². The summed E-state index contributed by atoms with van der Waals surface area (Å²) in [7, 11) is 1.63. The number of amides is 1. The SMILES string of the molecule is CCCC(CC(c1c[nH]c2ccccc12)C(C)(NC(C)=O)C(=O)OC(=O)c1ccc(Cl)cc1)OC. The molecule has 1 heterocycles. The number of ether oxygens (including phenoxy) is 2. The van der Waals surface area contributed by atoms with Crippen LogP contribution < -0.4 is 5.32 Å². The second-order valence-electron chi connectivity index (χ2n) is 8.79. The summed E-state index contributed by atoms with van der Waals surface area (Å²) in [5.74, 6) is -2.64. The minimum Gasteiger partial charge on any atom is -0.388 e. The Hall–Kier alpha value is -3.16. The summed E-state index contributed by atoms with van der Waals surface area (Å²) < 4.78 is 11.0. The summed E-state index contributed by atoms with van der Waals surface area (Å²) in [6, 6.07) is 13.8. The number of halogens is 1. The van der Waals surface area contributed by atoms with Crippen molar-refractivity contribution in [1.29, 1.82) is 0 Å². The van der Waals surface area contributed by atoms with E-state index in [-0.39, 0.29) is 11.7 Å². The van der Waals surface area contributed by atoms with E-state index in [0.29, 0.717) is 11.4 Å². The zero-order valence-electron chi connectivity index (χ0n) is 20.4. The van der Waals surface area contributed by atoms with Gasteiger partial charge >= 0.3 is 11.9 Å². The number of H-pyrrole nitrogens is 1. The lowest BCUT2D eigenvalue weighted by Gasteiger charge is -2.37. The minimum atomic E-state index is -1.55. The van der Waals surface area contributed by atoms with Gasteiger partial charge in [0.25, 0.3) is 0 Å². The van der Waals surface area contributed by atoms with Crippen molar-refractivity contribution in [2.75, 3.05) is 7.11 Å². The van der Waals surface area contributed by atoms with E-state index >= 15 is 0 Å². The van der Waals surface area contributed by atoms with Crippen molar-refractivity contribution in [3.63, 3.8) is 0 Å². The molecule has 0 bridgehead atoms. The zero-order chi connectivity index (χ0) is 25.6. The molecular weight excluding hydrogens is 468 g/mol. The largest absolute Gasteiger partial charge is 0.388 e. The van der Waals surface area contributed by atoms with Gasteiger partial charge in [-0.25, -0.2) is 9.59 Å². The average molecular weight is 499 g/mol. The Kier molecular flexibility index (Phi) is 8.70. The minimum absolute atomic E-state index is 0.175. The van der Waals surface area contributed by atoms with Gasteiger partial charge in [0.15, 0.2) is 0 Å². The zero-order valence-corrected chi connectivity index (χ0v) is 21.1. The van der Waals surface area contributed by atoms with Crippen LogP contribution in [0.25, 0.3) is 10.9 Å². The summed E-state index contributed by atoms with van der Waals surface area (Å²) in [6.45, 7) is 4.98. The molecule has 7 nitrogen and oxygen atoms in total.